The highest BCUT2D eigenvalue weighted by atomic mass is 32.2. The molecule has 1 N–H and O–H groups in total. The molecule has 1 nitrogen and oxygen atoms in total. The topological polar surface area (TPSA) is 20.2 Å². The molecule has 0 radical (unpaired) electrons. The Kier molecular flexibility index (Phi) is 7.65. The lowest BCUT2D eigenvalue weighted by molar-refractivity contribution is 0.322. The Bertz CT molecular complexity index is 58.3. The number of hydrogen-bond acceptors (Lipinski definition) is 2. The zero-order valence-corrected chi connectivity index (χ0v) is 7.78. The van der Waals surface area contributed by atoms with Gasteiger partial charge in [-0.1, -0.05) is 26.7 Å². The van der Waals surface area contributed by atoms with E-state index in [0.29, 0.717) is 6.61 Å². The monoisotopic (exact) mass is 162 g/mol. The summed E-state index contributed by atoms with van der Waals surface area (Å²) < 4.78 is 0. The van der Waals surface area contributed by atoms with E-state index in [2.05, 4.69) is 13.8 Å². The van der Waals surface area contributed by atoms with Gasteiger partial charge in [0.1, 0.15) is 0 Å². The molecule has 0 aromatic rings. The van der Waals surface area contributed by atoms with E-state index in [0.717, 1.165) is 11.0 Å². The first kappa shape index (κ1) is 10.3. The van der Waals surface area contributed by atoms with Crippen molar-refractivity contribution in [3.8, 4) is 0 Å². The van der Waals surface area contributed by atoms with Crippen molar-refractivity contribution < 1.29 is 5.11 Å². The minimum absolute atomic E-state index is 0.321. The van der Waals surface area contributed by atoms with E-state index >= 15 is 0 Å². The lowest BCUT2D eigenvalue weighted by atomic mass is 10.2. The van der Waals surface area contributed by atoms with Gasteiger partial charge in [-0.2, -0.15) is 11.8 Å². The Morgan fingerprint density at radius 2 is 2.20 bits per heavy atom. The highest BCUT2D eigenvalue weighted by Crippen LogP contribution is 2.15. The largest absolute Gasteiger partial charge is 0.396 e. The minimum Gasteiger partial charge on any atom is -0.396 e. The van der Waals surface area contributed by atoms with Gasteiger partial charge in [0.05, 0.1) is 6.61 Å². The smallest absolute Gasteiger partial charge is 0.0521 e. The van der Waals surface area contributed by atoms with Crippen molar-refractivity contribution in [1.82, 2.24) is 0 Å². The Labute approximate surface area is 68.2 Å². The van der Waals surface area contributed by atoms with Gasteiger partial charge in [0.25, 0.3) is 0 Å². The molecule has 0 fully saturated rings. The molecule has 2 heteroatoms. The molecule has 0 bridgehead atoms. The van der Waals surface area contributed by atoms with E-state index in [-0.39, 0.29) is 0 Å². The van der Waals surface area contributed by atoms with Crippen LogP contribution in [0.4, 0.5) is 0 Å². The Hall–Kier alpha value is 0.310. The van der Waals surface area contributed by atoms with E-state index in [4.69, 9.17) is 5.11 Å². The fraction of sp³-hybridized carbons (Fsp3) is 1.00. The van der Waals surface area contributed by atoms with Crippen LogP contribution in [0.5, 0.6) is 0 Å². The Balaban J connectivity index is 3.00. The van der Waals surface area contributed by atoms with Crippen LogP contribution < -0.4 is 0 Å². The molecule has 1 unspecified atom stereocenters. The third kappa shape index (κ3) is 6.43. The highest BCUT2D eigenvalue weighted by molar-refractivity contribution is 7.99. The fourth-order valence-corrected chi connectivity index (χ4v) is 1.67. The van der Waals surface area contributed by atoms with Crippen LogP contribution in [0.25, 0.3) is 0 Å². The molecule has 10 heavy (non-hydrogen) atoms. The minimum atomic E-state index is 0.321. The summed E-state index contributed by atoms with van der Waals surface area (Å²) in [7, 11) is 0. The first-order valence-electron chi connectivity index (χ1n) is 4.03. The maximum atomic E-state index is 8.52. The maximum Gasteiger partial charge on any atom is 0.0521 e. The second kappa shape index (κ2) is 7.42. The second-order valence-electron chi connectivity index (χ2n) is 2.55. The summed E-state index contributed by atoms with van der Waals surface area (Å²) in [5.74, 6) is 0.894. The molecule has 0 amide bonds. The molecular weight excluding hydrogens is 144 g/mol. The van der Waals surface area contributed by atoms with Crippen molar-refractivity contribution >= 4 is 11.8 Å². The summed E-state index contributed by atoms with van der Waals surface area (Å²) in [6, 6.07) is 0. The lowest BCUT2D eigenvalue weighted by Crippen LogP contribution is -1.99. The molecule has 0 heterocycles. The van der Waals surface area contributed by atoms with Gasteiger partial charge in [0.15, 0.2) is 0 Å². The average Bonchev–Trinajstić information content (AvgIpc) is 1.97. The Morgan fingerprint density at radius 1 is 1.50 bits per heavy atom. The van der Waals surface area contributed by atoms with Gasteiger partial charge in [0, 0.05) is 11.0 Å². The summed E-state index contributed by atoms with van der Waals surface area (Å²) >= 11 is 1.87. The van der Waals surface area contributed by atoms with Crippen LogP contribution in [-0.4, -0.2) is 22.7 Å². The van der Waals surface area contributed by atoms with Gasteiger partial charge in [0.2, 0.25) is 0 Å². The van der Waals surface area contributed by atoms with Gasteiger partial charge in [-0.15, -0.1) is 0 Å². The first-order chi connectivity index (χ1) is 4.81. The summed E-state index contributed by atoms with van der Waals surface area (Å²) in [5, 5.41) is 9.25. The number of hydrogen-bond donors (Lipinski definition) is 1. The van der Waals surface area contributed by atoms with Crippen LogP contribution in [0.1, 0.15) is 33.1 Å². The standard InChI is InChI=1S/C8H18OS/c1-3-4-5-8(2)10-7-6-9/h8-9H,3-7H2,1-2H3. The molecule has 0 saturated heterocycles. The fourth-order valence-electron chi connectivity index (χ4n) is 0.829. The number of aliphatic hydroxyl groups is 1. The van der Waals surface area contributed by atoms with E-state index in [1.165, 1.54) is 19.3 Å². The summed E-state index contributed by atoms with van der Waals surface area (Å²) in [6.45, 7) is 4.76. The van der Waals surface area contributed by atoms with Crippen LogP contribution in [0, 0.1) is 0 Å². The van der Waals surface area contributed by atoms with Crippen LogP contribution in [-0.2, 0) is 0 Å². The van der Waals surface area contributed by atoms with Gasteiger partial charge in [-0.25, -0.2) is 0 Å². The van der Waals surface area contributed by atoms with Gasteiger partial charge in [-0.3, -0.25) is 0 Å². The summed E-state index contributed by atoms with van der Waals surface area (Å²) in [5.41, 5.74) is 0. The molecular formula is C8H18OS. The highest BCUT2D eigenvalue weighted by Gasteiger charge is 1.99. The van der Waals surface area contributed by atoms with Crippen LogP contribution >= 0.6 is 11.8 Å². The normalized spacial score (nSPS) is 13.5. The van der Waals surface area contributed by atoms with Gasteiger partial charge >= 0.3 is 0 Å². The molecule has 0 saturated carbocycles. The molecule has 1 atom stereocenters. The number of unbranched alkanes of at least 4 members (excludes halogenated alkanes) is 1. The predicted molar refractivity (Wildman–Crippen MR) is 48.5 cm³/mol. The lowest BCUT2D eigenvalue weighted by Gasteiger charge is -2.07. The molecule has 0 spiro atoms. The van der Waals surface area contributed by atoms with E-state index in [9.17, 15) is 0 Å². The third-order valence-electron chi connectivity index (χ3n) is 1.46. The van der Waals surface area contributed by atoms with E-state index < -0.39 is 0 Å². The average molecular weight is 162 g/mol. The zero-order chi connectivity index (χ0) is 7.82. The van der Waals surface area contributed by atoms with Gasteiger partial charge in [-0.05, 0) is 6.42 Å². The third-order valence-corrected chi connectivity index (χ3v) is 2.68. The maximum absolute atomic E-state index is 8.52. The molecule has 0 aromatic carbocycles. The summed E-state index contributed by atoms with van der Waals surface area (Å²) in [6.07, 6.45) is 3.89. The van der Waals surface area contributed by atoms with Crippen molar-refractivity contribution in [2.24, 2.45) is 0 Å². The zero-order valence-electron chi connectivity index (χ0n) is 6.97. The molecule has 0 aliphatic heterocycles. The number of thioether (sulfide) groups is 1. The number of aliphatic hydroxyl groups excluding tert-OH is 1. The quantitative estimate of drug-likeness (QED) is 0.646. The van der Waals surface area contributed by atoms with Crippen molar-refractivity contribution in [3.05, 3.63) is 0 Å². The van der Waals surface area contributed by atoms with Crippen LogP contribution in [0.3, 0.4) is 0 Å². The first-order valence-corrected chi connectivity index (χ1v) is 5.08. The van der Waals surface area contributed by atoms with Crippen LogP contribution in [0.2, 0.25) is 0 Å². The van der Waals surface area contributed by atoms with Crippen LogP contribution in [0.15, 0.2) is 0 Å². The van der Waals surface area contributed by atoms with Gasteiger partial charge < -0.3 is 5.11 Å². The number of rotatable bonds is 6. The molecule has 0 aliphatic carbocycles. The predicted octanol–water partition coefficient (Wildman–Crippen LogP) is 2.29. The molecule has 62 valence electrons. The van der Waals surface area contributed by atoms with Crippen molar-refractivity contribution in [3.63, 3.8) is 0 Å². The second-order valence-corrected chi connectivity index (χ2v) is 4.09. The Morgan fingerprint density at radius 3 is 2.70 bits per heavy atom. The van der Waals surface area contributed by atoms with Crippen molar-refractivity contribution in [1.29, 1.82) is 0 Å². The molecule has 0 aromatic heterocycles. The SMILES string of the molecule is CCCCC(C)SCCO. The van der Waals surface area contributed by atoms with Crippen molar-refractivity contribution in [2.75, 3.05) is 12.4 Å². The molecule has 0 aliphatic rings. The van der Waals surface area contributed by atoms with E-state index in [1.54, 1.807) is 0 Å². The van der Waals surface area contributed by atoms with Crippen molar-refractivity contribution in [2.45, 2.75) is 38.4 Å². The molecule has 0 rings (SSSR count). The van der Waals surface area contributed by atoms with E-state index in [1.807, 2.05) is 11.8 Å². The summed E-state index contributed by atoms with van der Waals surface area (Å²) in [4.78, 5) is 0.